The molecule has 4 heteroatoms. The summed E-state index contributed by atoms with van der Waals surface area (Å²) in [4.78, 5) is 7.24. The third kappa shape index (κ3) is 3.05. The van der Waals surface area contributed by atoms with Gasteiger partial charge in [-0.1, -0.05) is 29.8 Å². The standard InChI is InChI=1S/C17H22ClN3/c1-12-14-5-3-4-6-15(14)20-16(17(12)18)11-21-8-7-13(10-21)9-19-2/h3-6,13,19H,7-11H2,1-2H3. The number of halogens is 1. The number of benzene rings is 1. The number of rotatable bonds is 4. The van der Waals surface area contributed by atoms with Gasteiger partial charge in [0.15, 0.2) is 0 Å². The van der Waals surface area contributed by atoms with E-state index in [4.69, 9.17) is 16.6 Å². The minimum Gasteiger partial charge on any atom is -0.319 e. The van der Waals surface area contributed by atoms with Gasteiger partial charge in [0.1, 0.15) is 0 Å². The van der Waals surface area contributed by atoms with Crippen molar-refractivity contribution in [2.75, 3.05) is 26.7 Å². The molecule has 112 valence electrons. The van der Waals surface area contributed by atoms with Crippen LogP contribution >= 0.6 is 11.6 Å². The lowest BCUT2D eigenvalue weighted by Crippen LogP contribution is -2.24. The fourth-order valence-electron chi connectivity index (χ4n) is 3.25. The van der Waals surface area contributed by atoms with Crippen molar-refractivity contribution in [1.82, 2.24) is 15.2 Å². The van der Waals surface area contributed by atoms with Crippen LogP contribution in [0.5, 0.6) is 0 Å². The first-order chi connectivity index (χ1) is 10.2. The molecular formula is C17H22ClN3. The normalized spacial score (nSPS) is 19.5. The number of pyridine rings is 1. The fourth-order valence-corrected chi connectivity index (χ4v) is 3.45. The monoisotopic (exact) mass is 303 g/mol. The van der Waals surface area contributed by atoms with E-state index in [-0.39, 0.29) is 0 Å². The number of hydrogen-bond donors (Lipinski definition) is 1. The number of fused-ring (bicyclic) bond motifs is 1. The van der Waals surface area contributed by atoms with E-state index >= 15 is 0 Å². The van der Waals surface area contributed by atoms with Crippen molar-refractivity contribution in [1.29, 1.82) is 0 Å². The van der Waals surface area contributed by atoms with Crippen LogP contribution in [0.4, 0.5) is 0 Å². The number of aromatic nitrogens is 1. The van der Waals surface area contributed by atoms with Crippen molar-refractivity contribution >= 4 is 22.5 Å². The topological polar surface area (TPSA) is 28.2 Å². The Morgan fingerprint density at radius 1 is 1.38 bits per heavy atom. The zero-order valence-corrected chi connectivity index (χ0v) is 13.5. The molecule has 1 N–H and O–H groups in total. The fraction of sp³-hybridized carbons (Fsp3) is 0.471. The summed E-state index contributed by atoms with van der Waals surface area (Å²) in [5, 5.41) is 5.25. The van der Waals surface area contributed by atoms with Crippen molar-refractivity contribution in [3.63, 3.8) is 0 Å². The molecule has 3 rings (SSSR count). The van der Waals surface area contributed by atoms with E-state index in [9.17, 15) is 0 Å². The van der Waals surface area contributed by atoms with E-state index in [2.05, 4.69) is 29.3 Å². The van der Waals surface area contributed by atoms with Crippen LogP contribution in [0.2, 0.25) is 5.02 Å². The second-order valence-corrected chi connectivity index (χ2v) is 6.34. The van der Waals surface area contributed by atoms with Crippen LogP contribution in [-0.4, -0.2) is 36.6 Å². The molecule has 0 aliphatic carbocycles. The van der Waals surface area contributed by atoms with E-state index < -0.39 is 0 Å². The average molecular weight is 304 g/mol. The van der Waals surface area contributed by atoms with Crippen LogP contribution in [-0.2, 0) is 6.54 Å². The molecule has 1 atom stereocenters. The van der Waals surface area contributed by atoms with E-state index in [1.807, 2.05) is 19.2 Å². The van der Waals surface area contributed by atoms with Gasteiger partial charge >= 0.3 is 0 Å². The maximum absolute atomic E-state index is 6.55. The number of likely N-dealkylation sites (tertiary alicyclic amines) is 1. The third-order valence-corrected chi connectivity index (χ3v) is 4.88. The Hall–Kier alpha value is -1.16. The van der Waals surface area contributed by atoms with Gasteiger partial charge in [-0.05, 0) is 51.0 Å². The second kappa shape index (κ2) is 6.30. The zero-order chi connectivity index (χ0) is 14.8. The summed E-state index contributed by atoms with van der Waals surface area (Å²) in [7, 11) is 2.02. The Labute approximate surface area is 131 Å². The quantitative estimate of drug-likeness (QED) is 0.940. The molecule has 2 aromatic rings. The Balaban J connectivity index is 1.83. The summed E-state index contributed by atoms with van der Waals surface area (Å²) >= 11 is 6.55. The van der Waals surface area contributed by atoms with Gasteiger partial charge in [0, 0.05) is 18.5 Å². The molecule has 2 heterocycles. The van der Waals surface area contributed by atoms with Crippen LogP contribution in [0.3, 0.4) is 0 Å². The number of aryl methyl sites for hydroxylation is 1. The number of para-hydroxylation sites is 1. The number of nitrogens with zero attached hydrogens (tertiary/aromatic N) is 2. The van der Waals surface area contributed by atoms with Gasteiger partial charge in [0.05, 0.1) is 16.2 Å². The predicted octanol–water partition coefficient (Wildman–Crippen LogP) is 3.24. The van der Waals surface area contributed by atoms with Crippen LogP contribution < -0.4 is 5.32 Å². The SMILES string of the molecule is CNCC1CCN(Cc2nc3ccccc3c(C)c2Cl)C1. The van der Waals surface area contributed by atoms with Gasteiger partial charge in [-0.25, -0.2) is 4.98 Å². The molecule has 1 unspecified atom stereocenters. The molecule has 1 aliphatic rings. The second-order valence-electron chi connectivity index (χ2n) is 5.96. The Morgan fingerprint density at radius 2 is 2.19 bits per heavy atom. The molecule has 0 spiro atoms. The lowest BCUT2D eigenvalue weighted by molar-refractivity contribution is 0.312. The highest BCUT2D eigenvalue weighted by Crippen LogP contribution is 2.28. The van der Waals surface area contributed by atoms with Crippen LogP contribution in [0.25, 0.3) is 10.9 Å². The maximum Gasteiger partial charge on any atom is 0.0740 e. The summed E-state index contributed by atoms with van der Waals surface area (Å²) < 4.78 is 0. The van der Waals surface area contributed by atoms with Crippen molar-refractivity contribution in [3.05, 3.63) is 40.5 Å². The minimum atomic E-state index is 0.746. The van der Waals surface area contributed by atoms with Gasteiger partial charge in [0.25, 0.3) is 0 Å². The van der Waals surface area contributed by atoms with Crippen LogP contribution in [0.1, 0.15) is 17.7 Å². The van der Waals surface area contributed by atoms with Crippen LogP contribution in [0, 0.1) is 12.8 Å². The molecule has 0 amide bonds. The molecule has 3 nitrogen and oxygen atoms in total. The summed E-state index contributed by atoms with van der Waals surface area (Å²) in [6.07, 6.45) is 1.25. The lowest BCUT2D eigenvalue weighted by Gasteiger charge is -2.18. The Bertz CT molecular complexity index is 641. The molecule has 1 aromatic carbocycles. The molecule has 0 bridgehead atoms. The minimum absolute atomic E-state index is 0.746. The molecule has 1 fully saturated rings. The molecule has 0 saturated carbocycles. The predicted molar refractivity (Wildman–Crippen MR) is 88.8 cm³/mol. The van der Waals surface area contributed by atoms with Gasteiger partial charge in [-0.3, -0.25) is 4.90 Å². The first kappa shape index (κ1) is 14.8. The largest absolute Gasteiger partial charge is 0.319 e. The molecule has 21 heavy (non-hydrogen) atoms. The summed E-state index contributed by atoms with van der Waals surface area (Å²) in [6, 6.07) is 8.23. The maximum atomic E-state index is 6.55. The van der Waals surface area contributed by atoms with Gasteiger partial charge < -0.3 is 5.32 Å². The smallest absolute Gasteiger partial charge is 0.0740 e. The summed E-state index contributed by atoms with van der Waals surface area (Å²) in [6.45, 7) is 6.30. The van der Waals surface area contributed by atoms with E-state index in [1.165, 1.54) is 6.42 Å². The molecule has 0 radical (unpaired) electrons. The van der Waals surface area contributed by atoms with Crippen molar-refractivity contribution in [3.8, 4) is 0 Å². The van der Waals surface area contributed by atoms with Gasteiger partial charge in [-0.15, -0.1) is 0 Å². The van der Waals surface area contributed by atoms with Gasteiger partial charge in [0.2, 0.25) is 0 Å². The molecular weight excluding hydrogens is 282 g/mol. The van der Waals surface area contributed by atoms with Crippen molar-refractivity contribution in [2.45, 2.75) is 19.9 Å². The summed E-state index contributed by atoms with van der Waals surface area (Å²) in [5.74, 6) is 0.746. The number of hydrogen-bond acceptors (Lipinski definition) is 3. The van der Waals surface area contributed by atoms with E-state index in [0.717, 1.165) is 59.3 Å². The molecule has 1 aliphatic heterocycles. The first-order valence-corrected chi connectivity index (χ1v) is 7.97. The van der Waals surface area contributed by atoms with Crippen molar-refractivity contribution in [2.24, 2.45) is 5.92 Å². The summed E-state index contributed by atoms with van der Waals surface area (Å²) in [5.41, 5.74) is 3.20. The molecule has 1 aromatic heterocycles. The lowest BCUT2D eigenvalue weighted by atomic mass is 10.1. The average Bonchev–Trinajstić information content (AvgIpc) is 2.92. The van der Waals surface area contributed by atoms with E-state index in [0.29, 0.717) is 0 Å². The highest BCUT2D eigenvalue weighted by molar-refractivity contribution is 6.32. The first-order valence-electron chi connectivity index (χ1n) is 7.59. The van der Waals surface area contributed by atoms with Gasteiger partial charge in [-0.2, -0.15) is 0 Å². The Morgan fingerprint density at radius 3 is 3.00 bits per heavy atom. The molecule has 1 saturated heterocycles. The van der Waals surface area contributed by atoms with Crippen molar-refractivity contribution < 1.29 is 0 Å². The van der Waals surface area contributed by atoms with Crippen LogP contribution in [0.15, 0.2) is 24.3 Å². The zero-order valence-electron chi connectivity index (χ0n) is 12.7. The third-order valence-electron chi connectivity index (χ3n) is 4.38. The highest BCUT2D eigenvalue weighted by atomic mass is 35.5. The highest BCUT2D eigenvalue weighted by Gasteiger charge is 2.23. The number of nitrogens with one attached hydrogen (secondary N) is 1. The van der Waals surface area contributed by atoms with E-state index in [1.54, 1.807) is 0 Å². The Kier molecular flexibility index (Phi) is 4.43.